The van der Waals surface area contributed by atoms with Crippen LogP contribution in [0.15, 0.2) is 48.7 Å². The van der Waals surface area contributed by atoms with Crippen molar-refractivity contribution in [2.45, 2.75) is 0 Å². The van der Waals surface area contributed by atoms with Gasteiger partial charge < -0.3 is 10.1 Å². The van der Waals surface area contributed by atoms with Crippen LogP contribution in [0.1, 0.15) is 10.4 Å². The van der Waals surface area contributed by atoms with Gasteiger partial charge in [-0.15, -0.1) is 0 Å². The minimum absolute atomic E-state index is 0.00988. The number of nitrogens with zero attached hydrogens (tertiary/aromatic N) is 3. The first-order valence-corrected chi connectivity index (χ1v) is 6.98. The molecule has 0 spiro atoms. The first-order chi connectivity index (χ1) is 10.2. The van der Waals surface area contributed by atoms with E-state index in [-0.39, 0.29) is 5.91 Å². The molecule has 3 rings (SSSR count). The Kier molecular flexibility index (Phi) is 3.94. The number of hydroxylamine groups is 2. The SMILES string of the molecule is O=C(c1ccc(-c2ccccn2)cc1)N1CCN(O)CC1. The highest BCUT2D eigenvalue weighted by molar-refractivity contribution is 5.94. The molecule has 21 heavy (non-hydrogen) atoms. The van der Waals surface area contributed by atoms with Crippen molar-refractivity contribution in [2.75, 3.05) is 26.2 Å². The molecule has 108 valence electrons. The number of carbonyl (C=O) groups is 1. The fourth-order valence-electron chi connectivity index (χ4n) is 2.40. The van der Waals surface area contributed by atoms with E-state index >= 15 is 0 Å². The Bertz CT molecular complexity index is 605. The van der Waals surface area contributed by atoms with Gasteiger partial charge in [-0.3, -0.25) is 9.78 Å². The summed E-state index contributed by atoms with van der Waals surface area (Å²) in [5.41, 5.74) is 2.55. The van der Waals surface area contributed by atoms with Gasteiger partial charge in [-0.25, -0.2) is 0 Å². The number of pyridine rings is 1. The zero-order valence-electron chi connectivity index (χ0n) is 11.6. The number of aromatic nitrogens is 1. The van der Waals surface area contributed by atoms with Gasteiger partial charge in [0.05, 0.1) is 5.69 Å². The normalized spacial score (nSPS) is 16.0. The fraction of sp³-hybridized carbons (Fsp3) is 0.250. The van der Waals surface area contributed by atoms with Crippen molar-refractivity contribution >= 4 is 5.91 Å². The largest absolute Gasteiger partial charge is 0.336 e. The Morgan fingerprint density at radius 1 is 1.00 bits per heavy atom. The van der Waals surface area contributed by atoms with Crippen molar-refractivity contribution in [1.82, 2.24) is 14.9 Å². The summed E-state index contributed by atoms with van der Waals surface area (Å²) in [4.78, 5) is 18.4. The van der Waals surface area contributed by atoms with Crippen LogP contribution in [0.3, 0.4) is 0 Å². The van der Waals surface area contributed by atoms with Crippen molar-refractivity contribution in [2.24, 2.45) is 0 Å². The second-order valence-corrected chi connectivity index (χ2v) is 5.04. The lowest BCUT2D eigenvalue weighted by Crippen LogP contribution is -2.47. The van der Waals surface area contributed by atoms with E-state index in [0.717, 1.165) is 11.3 Å². The van der Waals surface area contributed by atoms with Crippen LogP contribution in [-0.4, -0.2) is 52.2 Å². The van der Waals surface area contributed by atoms with Crippen LogP contribution in [0.4, 0.5) is 0 Å². The van der Waals surface area contributed by atoms with Crippen molar-refractivity contribution in [1.29, 1.82) is 0 Å². The third-order valence-electron chi connectivity index (χ3n) is 3.64. The van der Waals surface area contributed by atoms with Gasteiger partial charge in [-0.1, -0.05) is 18.2 Å². The molecular weight excluding hydrogens is 266 g/mol. The summed E-state index contributed by atoms with van der Waals surface area (Å²) in [5, 5.41) is 10.6. The number of amides is 1. The minimum atomic E-state index is 0.00988. The molecule has 0 radical (unpaired) electrons. The predicted octanol–water partition coefficient (Wildman–Crippen LogP) is 1.90. The average molecular weight is 283 g/mol. The van der Waals surface area contributed by atoms with E-state index in [4.69, 9.17) is 0 Å². The molecule has 1 aromatic heterocycles. The third-order valence-corrected chi connectivity index (χ3v) is 3.64. The number of hydrogen-bond donors (Lipinski definition) is 1. The van der Waals surface area contributed by atoms with Crippen molar-refractivity contribution in [3.8, 4) is 11.3 Å². The minimum Gasteiger partial charge on any atom is -0.336 e. The van der Waals surface area contributed by atoms with E-state index in [2.05, 4.69) is 4.98 Å². The molecule has 2 heterocycles. The Morgan fingerprint density at radius 3 is 2.33 bits per heavy atom. The zero-order valence-corrected chi connectivity index (χ0v) is 11.6. The lowest BCUT2D eigenvalue weighted by Gasteiger charge is -2.31. The molecule has 5 nitrogen and oxygen atoms in total. The Labute approximate surface area is 123 Å². The standard InChI is InChI=1S/C16H17N3O2/c20-16(18-9-11-19(21)12-10-18)14-6-4-13(5-7-14)15-3-1-2-8-17-15/h1-8,21H,9-12H2. The molecule has 1 saturated heterocycles. The number of piperazine rings is 1. The van der Waals surface area contributed by atoms with Crippen LogP contribution in [0.5, 0.6) is 0 Å². The molecule has 0 bridgehead atoms. The molecule has 0 unspecified atom stereocenters. The topological polar surface area (TPSA) is 56.7 Å². The lowest BCUT2D eigenvalue weighted by atomic mass is 10.1. The summed E-state index contributed by atoms with van der Waals surface area (Å²) < 4.78 is 0. The molecule has 0 saturated carbocycles. The summed E-state index contributed by atoms with van der Waals surface area (Å²) in [7, 11) is 0. The summed E-state index contributed by atoms with van der Waals surface area (Å²) in [6.07, 6.45) is 1.75. The summed E-state index contributed by atoms with van der Waals surface area (Å²) >= 11 is 0. The maximum absolute atomic E-state index is 12.4. The number of benzene rings is 1. The molecule has 2 aromatic rings. The number of rotatable bonds is 2. The highest BCUT2D eigenvalue weighted by Crippen LogP contribution is 2.18. The van der Waals surface area contributed by atoms with Gasteiger partial charge >= 0.3 is 0 Å². The van der Waals surface area contributed by atoms with Crippen molar-refractivity contribution in [3.05, 3.63) is 54.2 Å². The van der Waals surface area contributed by atoms with Gasteiger partial charge in [-0.2, -0.15) is 5.06 Å². The average Bonchev–Trinajstić information content (AvgIpc) is 2.56. The van der Waals surface area contributed by atoms with Gasteiger partial charge in [0, 0.05) is 43.5 Å². The Balaban J connectivity index is 1.73. The molecule has 1 fully saturated rings. The summed E-state index contributed by atoms with van der Waals surface area (Å²) in [6.45, 7) is 2.10. The number of hydrogen-bond acceptors (Lipinski definition) is 4. The molecule has 0 atom stereocenters. The molecular formula is C16H17N3O2. The molecule has 1 amide bonds. The monoisotopic (exact) mass is 283 g/mol. The molecule has 5 heteroatoms. The van der Waals surface area contributed by atoms with Crippen LogP contribution < -0.4 is 0 Å². The molecule has 1 aliphatic heterocycles. The van der Waals surface area contributed by atoms with Gasteiger partial charge in [-0.05, 0) is 24.3 Å². The van der Waals surface area contributed by atoms with Gasteiger partial charge in [0.25, 0.3) is 5.91 Å². The van der Waals surface area contributed by atoms with Gasteiger partial charge in [0.15, 0.2) is 0 Å². The molecule has 1 aliphatic rings. The summed E-state index contributed by atoms with van der Waals surface area (Å²) in [6, 6.07) is 13.3. The second kappa shape index (κ2) is 6.03. The lowest BCUT2D eigenvalue weighted by molar-refractivity contribution is -0.112. The van der Waals surface area contributed by atoms with E-state index < -0.39 is 0 Å². The highest BCUT2D eigenvalue weighted by Gasteiger charge is 2.21. The van der Waals surface area contributed by atoms with Crippen LogP contribution >= 0.6 is 0 Å². The first kappa shape index (κ1) is 13.7. The van der Waals surface area contributed by atoms with Crippen molar-refractivity contribution < 1.29 is 10.0 Å². The van der Waals surface area contributed by atoms with E-state index in [1.807, 2.05) is 42.5 Å². The zero-order chi connectivity index (χ0) is 14.7. The maximum Gasteiger partial charge on any atom is 0.253 e. The smallest absolute Gasteiger partial charge is 0.253 e. The molecule has 1 aromatic carbocycles. The first-order valence-electron chi connectivity index (χ1n) is 6.98. The van der Waals surface area contributed by atoms with Crippen LogP contribution in [0.2, 0.25) is 0 Å². The molecule has 1 N–H and O–H groups in total. The molecule has 0 aliphatic carbocycles. The van der Waals surface area contributed by atoms with Crippen LogP contribution in [0.25, 0.3) is 11.3 Å². The third kappa shape index (κ3) is 3.09. The van der Waals surface area contributed by atoms with E-state index in [9.17, 15) is 10.0 Å². The van der Waals surface area contributed by atoms with Gasteiger partial charge in [0.2, 0.25) is 0 Å². The Hall–Kier alpha value is -2.24. The Morgan fingerprint density at radius 2 is 1.71 bits per heavy atom. The van der Waals surface area contributed by atoms with Crippen LogP contribution in [0, 0.1) is 0 Å². The van der Waals surface area contributed by atoms with E-state index in [1.54, 1.807) is 11.1 Å². The highest BCUT2D eigenvalue weighted by atomic mass is 16.5. The fourth-order valence-corrected chi connectivity index (χ4v) is 2.40. The van der Waals surface area contributed by atoms with Crippen LogP contribution in [-0.2, 0) is 0 Å². The van der Waals surface area contributed by atoms with E-state index in [0.29, 0.717) is 31.7 Å². The van der Waals surface area contributed by atoms with Gasteiger partial charge in [0.1, 0.15) is 0 Å². The summed E-state index contributed by atoms with van der Waals surface area (Å²) in [5.74, 6) is 0.00988. The maximum atomic E-state index is 12.4. The van der Waals surface area contributed by atoms with Crippen molar-refractivity contribution in [3.63, 3.8) is 0 Å². The predicted molar refractivity (Wildman–Crippen MR) is 78.9 cm³/mol. The van der Waals surface area contributed by atoms with E-state index in [1.165, 1.54) is 5.06 Å². The quantitative estimate of drug-likeness (QED) is 0.914. The number of carbonyl (C=O) groups excluding carboxylic acids is 1. The second-order valence-electron chi connectivity index (χ2n) is 5.04.